The van der Waals surface area contributed by atoms with E-state index in [9.17, 15) is 13.2 Å². The Morgan fingerprint density at radius 3 is 2.46 bits per heavy atom. The number of allylic oxidation sites excluding steroid dienone is 3. The molecule has 24 heavy (non-hydrogen) atoms. The molecule has 1 aromatic rings. The summed E-state index contributed by atoms with van der Waals surface area (Å²) in [6.45, 7) is 3.58. The summed E-state index contributed by atoms with van der Waals surface area (Å²) < 4.78 is 30.2. The molecule has 0 saturated carbocycles. The Morgan fingerprint density at radius 1 is 1.08 bits per heavy atom. The number of hydrogen-bond donors (Lipinski definition) is 0. The molecule has 0 aliphatic heterocycles. The molecule has 5 heteroatoms. The molecule has 0 spiro atoms. The minimum Gasteiger partial charge on any atom is -0.299 e. The molecule has 1 aromatic carbocycles. The van der Waals surface area contributed by atoms with E-state index in [4.69, 9.17) is 4.18 Å². The van der Waals surface area contributed by atoms with E-state index in [1.54, 1.807) is 12.1 Å². The lowest BCUT2D eigenvalue weighted by atomic mass is 9.68. The highest BCUT2D eigenvalue weighted by molar-refractivity contribution is 7.86. The summed E-state index contributed by atoms with van der Waals surface area (Å²) in [4.78, 5) is 12.7. The number of ketones is 1. The average Bonchev–Trinajstić information content (AvgIpc) is 2.57. The summed E-state index contributed by atoms with van der Waals surface area (Å²) in [7, 11) is -3.87. The van der Waals surface area contributed by atoms with Crippen LogP contribution in [0.15, 0.2) is 52.5 Å². The van der Waals surface area contributed by atoms with Crippen LogP contribution in [-0.2, 0) is 19.1 Å². The maximum Gasteiger partial charge on any atom is 0.297 e. The Labute approximate surface area is 143 Å². The summed E-state index contributed by atoms with van der Waals surface area (Å²) >= 11 is 0. The van der Waals surface area contributed by atoms with Crippen molar-refractivity contribution in [2.75, 3.05) is 6.61 Å². The third-order valence-electron chi connectivity index (χ3n) is 5.03. The molecule has 1 atom stereocenters. The number of carbonyl (C=O) groups excluding carboxylic acids is 1. The maximum absolute atomic E-state index is 12.5. The second-order valence-corrected chi connectivity index (χ2v) is 8.36. The molecular weight excluding hydrogens is 324 g/mol. The highest BCUT2D eigenvalue weighted by Gasteiger charge is 2.42. The topological polar surface area (TPSA) is 60.4 Å². The van der Waals surface area contributed by atoms with Crippen molar-refractivity contribution in [1.82, 2.24) is 0 Å². The van der Waals surface area contributed by atoms with E-state index in [0.717, 1.165) is 24.0 Å². The summed E-state index contributed by atoms with van der Waals surface area (Å²) in [5.74, 6) is 0.0654. The van der Waals surface area contributed by atoms with Crippen LogP contribution in [0.25, 0.3) is 0 Å². The Kier molecular flexibility index (Phi) is 4.49. The van der Waals surface area contributed by atoms with Gasteiger partial charge in [0.2, 0.25) is 0 Å². The Hall–Kier alpha value is -1.72. The van der Waals surface area contributed by atoms with Gasteiger partial charge in [-0.25, -0.2) is 0 Å². The van der Waals surface area contributed by atoms with E-state index < -0.39 is 15.5 Å². The number of rotatable bonds is 4. The van der Waals surface area contributed by atoms with Crippen molar-refractivity contribution in [3.05, 3.63) is 53.1 Å². The molecule has 1 unspecified atom stereocenters. The third-order valence-corrected chi connectivity index (χ3v) is 6.31. The van der Waals surface area contributed by atoms with Gasteiger partial charge >= 0.3 is 0 Å². The highest BCUT2D eigenvalue weighted by Crippen LogP contribution is 2.43. The first-order valence-electron chi connectivity index (χ1n) is 8.19. The number of hydrogen-bond acceptors (Lipinski definition) is 4. The Morgan fingerprint density at radius 2 is 1.75 bits per heavy atom. The van der Waals surface area contributed by atoms with E-state index in [2.05, 4.69) is 6.08 Å². The van der Waals surface area contributed by atoms with Gasteiger partial charge in [-0.3, -0.25) is 8.98 Å². The smallest absolute Gasteiger partial charge is 0.297 e. The van der Waals surface area contributed by atoms with Crippen molar-refractivity contribution in [3.63, 3.8) is 0 Å². The SMILES string of the molecule is Cc1ccc(S(=O)(=O)OCC2(C)C(=O)CCC3=C2CC=CC3)cc1. The second kappa shape index (κ2) is 6.30. The molecular formula is C19H22O4S. The zero-order valence-electron chi connectivity index (χ0n) is 14.0. The first-order valence-corrected chi connectivity index (χ1v) is 9.59. The predicted octanol–water partition coefficient (Wildman–Crippen LogP) is 3.72. The molecule has 3 rings (SSSR count). The fourth-order valence-electron chi connectivity index (χ4n) is 3.41. The van der Waals surface area contributed by atoms with Gasteiger partial charge < -0.3 is 0 Å². The van der Waals surface area contributed by atoms with Crippen LogP contribution < -0.4 is 0 Å². The lowest BCUT2D eigenvalue weighted by Crippen LogP contribution is -2.39. The molecule has 0 aromatic heterocycles. The van der Waals surface area contributed by atoms with E-state index in [1.165, 1.54) is 17.7 Å². The Bertz CT molecular complexity index is 815. The number of aryl methyl sites for hydroxylation is 1. The molecule has 2 aliphatic rings. The molecule has 0 N–H and O–H groups in total. The van der Waals surface area contributed by atoms with Gasteiger partial charge in [0.25, 0.3) is 10.1 Å². The molecule has 128 valence electrons. The van der Waals surface area contributed by atoms with Gasteiger partial charge in [0.05, 0.1) is 16.9 Å². The van der Waals surface area contributed by atoms with Crippen LogP contribution in [0.1, 0.15) is 38.2 Å². The summed E-state index contributed by atoms with van der Waals surface area (Å²) in [5.41, 5.74) is 2.43. The number of carbonyl (C=O) groups is 1. The van der Waals surface area contributed by atoms with Gasteiger partial charge in [-0.2, -0.15) is 8.42 Å². The van der Waals surface area contributed by atoms with Crippen molar-refractivity contribution in [2.45, 2.75) is 44.4 Å². The lowest BCUT2D eigenvalue weighted by Gasteiger charge is -2.37. The van der Waals surface area contributed by atoms with Crippen LogP contribution >= 0.6 is 0 Å². The molecule has 2 aliphatic carbocycles. The number of benzene rings is 1. The van der Waals surface area contributed by atoms with Crippen LogP contribution in [0.4, 0.5) is 0 Å². The predicted molar refractivity (Wildman–Crippen MR) is 92.1 cm³/mol. The molecule has 0 radical (unpaired) electrons. The molecule has 4 nitrogen and oxygen atoms in total. The summed E-state index contributed by atoms with van der Waals surface area (Å²) in [6.07, 6.45) is 6.94. The van der Waals surface area contributed by atoms with Gasteiger partial charge in [0, 0.05) is 6.42 Å². The van der Waals surface area contributed by atoms with Crippen LogP contribution in [-0.4, -0.2) is 20.8 Å². The van der Waals surface area contributed by atoms with Gasteiger partial charge in [0.1, 0.15) is 5.78 Å². The van der Waals surface area contributed by atoms with Crippen LogP contribution in [0.3, 0.4) is 0 Å². The van der Waals surface area contributed by atoms with Crippen LogP contribution in [0, 0.1) is 12.3 Å². The van der Waals surface area contributed by atoms with E-state index in [0.29, 0.717) is 12.8 Å². The van der Waals surface area contributed by atoms with Crippen LogP contribution in [0.5, 0.6) is 0 Å². The van der Waals surface area contributed by atoms with Gasteiger partial charge in [0.15, 0.2) is 0 Å². The van der Waals surface area contributed by atoms with Crippen LogP contribution in [0.2, 0.25) is 0 Å². The highest BCUT2D eigenvalue weighted by atomic mass is 32.2. The normalized spacial score (nSPS) is 24.2. The first-order chi connectivity index (χ1) is 11.3. The van der Waals surface area contributed by atoms with Crippen molar-refractivity contribution < 1.29 is 17.4 Å². The zero-order valence-corrected chi connectivity index (χ0v) is 14.9. The molecule has 0 amide bonds. The molecule has 0 bridgehead atoms. The lowest BCUT2D eigenvalue weighted by molar-refractivity contribution is -0.128. The minimum absolute atomic E-state index is 0.0654. The fraction of sp³-hybridized carbons (Fsp3) is 0.421. The summed E-state index contributed by atoms with van der Waals surface area (Å²) in [5, 5.41) is 0. The summed E-state index contributed by atoms with van der Waals surface area (Å²) in [6, 6.07) is 6.53. The van der Waals surface area contributed by atoms with E-state index in [-0.39, 0.29) is 17.3 Å². The van der Waals surface area contributed by atoms with Gasteiger partial charge in [-0.1, -0.05) is 41.0 Å². The van der Waals surface area contributed by atoms with Crippen molar-refractivity contribution in [2.24, 2.45) is 5.41 Å². The fourth-order valence-corrected chi connectivity index (χ4v) is 4.40. The second-order valence-electron chi connectivity index (χ2n) is 6.75. The standard InChI is InChI=1S/C19H22O4S/c1-14-7-10-16(11-8-14)24(21,22)23-13-19(2)17-6-4-3-5-15(17)9-12-18(19)20/h3-4,7-8,10-11H,5-6,9,12-13H2,1-2H3. The first kappa shape index (κ1) is 17.1. The monoisotopic (exact) mass is 346 g/mol. The Balaban J connectivity index is 1.84. The van der Waals surface area contributed by atoms with Crippen molar-refractivity contribution in [1.29, 1.82) is 0 Å². The van der Waals surface area contributed by atoms with Gasteiger partial charge in [-0.15, -0.1) is 0 Å². The third kappa shape index (κ3) is 3.10. The average molecular weight is 346 g/mol. The zero-order chi connectivity index (χ0) is 17.4. The van der Waals surface area contributed by atoms with Crippen molar-refractivity contribution >= 4 is 15.9 Å². The number of Topliss-reactive ketones (excluding diaryl/α,β-unsaturated/α-hetero) is 1. The maximum atomic E-state index is 12.5. The minimum atomic E-state index is -3.87. The quantitative estimate of drug-likeness (QED) is 0.616. The van der Waals surface area contributed by atoms with Gasteiger partial charge in [-0.05, 0) is 45.2 Å². The molecule has 0 fully saturated rings. The molecule has 0 saturated heterocycles. The molecule has 0 heterocycles. The van der Waals surface area contributed by atoms with Crippen molar-refractivity contribution in [3.8, 4) is 0 Å². The van der Waals surface area contributed by atoms with E-state index >= 15 is 0 Å². The largest absolute Gasteiger partial charge is 0.299 e. The van der Waals surface area contributed by atoms with E-state index in [1.807, 2.05) is 19.9 Å².